The molecule has 1 N–H and O–H groups in total. The number of ether oxygens (including phenoxy) is 1. The van der Waals surface area contributed by atoms with Gasteiger partial charge in [-0.15, -0.1) is 0 Å². The molecule has 0 spiro atoms. The van der Waals surface area contributed by atoms with Crippen LogP contribution in [-0.4, -0.2) is 50.5 Å². The number of halogens is 1. The highest BCUT2D eigenvalue weighted by molar-refractivity contribution is 6.32. The van der Waals surface area contributed by atoms with Gasteiger partial charge in [-0.25, -0.2) is 0 Å². The maximum atomic E-state index is 12.9. The molecule has 1 aliphatic rings. The van der Waals surface area contributed by atoms with Gasteiger partial charge in [-0.05, 0) is 31.0 Å². The van der Waals surface area contributed by atoms with Crippen molar-refractivity contribution in [1.82, 2.24) is 10.2 Å². The molecule has 1 aliphatic heterocycles. The first-order chi connectivity index (χ1) is 10.5. The molecule has 4 nitrogen and oxygen atoms in total. The molecule has 0 radical (unpaired) electrons. The Morgan fingerprint density at radius 1 is 1.41 bits per heavy atom. The molecule has 1 unspecified atom stereocenters. The van der Waals surface area contributed by atoms with Crippen LogP contribution in [0.2, 0.25) is 5.02 Å². The summed E-state index contributed by atoms with van der Waals surface area (Å²) in [5, 5.41) is 3.95. The van der Waals surface area contributed by atoms with Crippen molar-refractivity contribution in [2.75, 3.05) is 39.8 Å². The highest BCUT2D eigenvalue weighted by Gasteiger charge is 2.26. The van der Waals surface area contributed by atoms with Gasteiger partial charge in [0.2, 0.25) is 0 Å². The lowest BCUT2D eigenvalue weighted by atomic mass is 9.92. The predicted molar refractivity (Wildman–Crippen MR) is 90.3 cm³/mol. The second kappa shape index (κ2) is 7.44. The normalized spacial score (nSPS) is 17.3. The maximum Gasteiger partial charge on any atom is 0.170 e. The van der Waals surface area contributed by atoms with Crippen molar-refractivity contribution in [3.05, 3.63) is 27.8 Å². The molecule has 1 heterocycles. The van der Waals surface area contributed by atoms with E-state index in [9.17, 15) is 4.79 Å². The van der Waals surface area contributed by atoms with Gasteiger partial charge in [0, 0.05) is 43.7 Å². The lowest BCUT2D eigenvalue weighted by molar-refractivity contribution is 0.0883. The summed E-state index contributed by atoms with van der Waals surface area (Å²) in [6.45, 7) is 10.5. The number of piperazine rings is 1. The molecule has 2 rings (SSSR count). The van der Waals surface area contributed by atoms with Crippen molar-refractivity contribution < 1.29 is 9.53 Å². The average molecular weight is 325 g/mol. The number of hydrogen-bond acceptors (Lipinski definition) is 4. The number of aryl methyl sites for hydroxylation is 1. The number of carbonyl (C=O) groups is 1. The van der Waals surface area contributed by atoms with Crippen molar-refractivity contribution in [3.8, 4) is 5.75 Å². The van der Waals surface area contributed by atoms with Gasteiger partial charge in [-0.3, -0.25) is 4.79 Å². The molecule has 122 valence electrons. The van der Waals surface area contributed by atoms with Gasteiger partial charge in [-0.1, -0.05) is 18.5 Å². The van der Waals surface area contributed by atoms with Crippen molar-refractivity contribution in [2.45, 2.75) is 20.8 Å². The third-order valence-electron chi connectivity index (χ3n) is 4.30. The van der Waals surface area contributed by atoms with E-state index >= 15 is 0 Å². The highest BCUT2D eigenvalue weighted by atomic mass is 35.5. The molecule has 1 fully saturated rings. The quantitative estimate of drug-likeness (QED) is 0.846. The Hall–Kier alpha value is -1.10. The number of Topliss-reactive ketones (excluding diaryl/α,β-unsaturated/α-hetero) is 1. The van der Waals surface area contributed by atoms with Crippen LogP contribution in [0.4, 0.5) is 0 Å². The molecule has 0 saturated carbocycles. The van der Waals surface area contributed by atoms with E-state index in [-0.39, 0.29) is 11.7 Å². The van der Waals surface area contributed by atoms with Crippen molar-refractivity contribution in [1.29, 1.82) is 0 Å². The van der Waals surface area contributed by atoms with Gasteiger partial charge >= 0.3 is 0 Å². The minimum absolute atomic E-state index is 0.0800. The maximum absolute atomic E-state index is 12.9. The molecule has 0 aromatic heterocycles. The molecule has 0 amide bonds. The average Bonchev–Trinajstić information content (AvgIpc) is 2.50. The third kappa shape index (κ3) is 3.62. The number of rotatable bonds is 5. The van der Waals surface area contributed by atoms with Crippen LogP contribution in [0.3, 0.4) is 0 Å². The van der Waals surface area contributed by atoms with E-state index in [1.165, 1.54) is 0 Å². The zero-order valence-electron chi connectivity index (χ0n) is 13.8. The van der Waals surface area contributed by atoms with Crippen molar-refractivity contribution in [3.63, 3.8) is 0 Å². The summed E-state index contributed by atoms with van der Waals surface area (Å²) in [6.07, 6.45) is 0. The van der Waals surface area contributed by atoms with E-state index in [1.54, 1.807) is 7.11 Å². The lowest BCUT2D eigenvalue weighted by Crippen LogP contribution is -2.45. The fourth-order valence-corrected chi connectivity index (χ4v) is 3.28. The summed E-state index contributed by atoms with van der Waals surface area (Å²) in [5.74, 6) is 0.682. The second-order valence-electron chi connectivity index (χ2n) is 6.02. The Bertz CT molecular complexity index is 554. The van der Waals surface area contributed by atoms with E-state index in [0.717, 1.165) is 43.9 Å². The predicted octanol–water partition coefficient (Wildman–Crippen LogP) is 2.69. The number of ketones is 1. The number of carbonyl (C=O) groups excluding carboxylic acids is 1. The van der Waals surface area contributed by atoms with Gasteiger partial charge in [-0.2, -0.15) is 0 Å². The van der Waals surface area contributed by atoms with Crippen LogP contribution in [0.25, 0.3) is 0 Å². The summed E-state index contributed by atoms with van der Waals surface area (Å²) >= 11 is 6.26. The molecule has 1 aromatic carbocycles. The molecular formula is C17H25ClN2O2. The highest BCUT2D eigenvalue weighted by Crippen LogP contribution is 2.33. The van der Waals surface area contributed by atoms with E-state index in [1.807, 2.05) is 26.8 Å². The Balaban J connectivity index is 2.24. The summed E-state index contributed by atoms with van der Waals surface area (Å²) < 4.78 is 5.47. The zero-order valence-corrected chi connectivity index (χ0v) is 14.6. The van der Waals surface area contributed by atoms with E-state index in [4.69, 9.17) is 16.3 Å². The molecule has 5 heteroatoms. The number of benzene rings is 1. The van der Waals surface area contributed by atoms with Crippen LogP contribution in [0, 0.1) is 19.8 Å². The molecule has 0 bridgehead atoms. The summed E-state index contributed by atoms with van der Waals surface area (Å²) in [7, 11) is 1.60. The van der Waals surface area contributed by atoms with Crippen LogP contribution < -0.4 is 10.1 Å². The van der Waals surface area contributed by atoms with Crippen LogP contribution in [-0.2, 0) is 0 Å². The third-order valence-corrected chi connectivity index (χ3v) is 4.69. The Morgan fingerprint density at radius 2 is 2.05 bits per heavy atom. The van der Waals surface area contributed by atoms with Crippen molar-refractivity contribution in [2.24, 2.45) is 5.92 Å². The summed E-state index contributed by atoms with van der Waals surface area (Å²) in [5.41, 5.74) is 2.34. The van der Waals surface area contributed by atoms with Crippen molar-refractivity contribution >= 4 is 17.4 Å². The van der Waals surface area contributed by atoms with Gasteiger partial charge in [0.25, 0.3) is 0 Å². The van der Waals surface area contributed by atoms with Crippen LogP contribution in [0.15, 0.2) is 6.07 Å². The number of hydrogen-bond donors (Lipinski definition) is 1. The topological polar surface area (TPSA) is 41.6 Å². The zero-order chi connectivity index (χ0) is 16.3. The van der Waals surface area contributed by atoms with Gasteiger partial charge in [0.05, 0.1) is 12.7 Å². The Kier molecular flexibility index (Phi) is 5.84. The van der Waals surface area contributed by atoms with Gasteiger partial charge in [0.1, 0.15) is 5.75 Å². The fourth-order valence-electron chi connectivity index (χ4n) is 3.02. The first kappa shape index (κ1) is 17.3. The summed E-state index contributed by atoms with van der Waals surface area (Å²) in [6, 6.07) is 1.85. The van der Waals surface area contributed by atoms with Gasteiger partial charge < -0.3 is 15.0 Å². The minimum atomic E-state index is -0.0800. The van der Waals surface area contributed by atoms with E-state index in [0.29, 0.717) is 16.3 Å². The molecule has 22 heavy (non-hydrogen) atoms. The first-order valence-corrected chi connectivity index (χ1v) is 8.14. The van der Waals surface area contributed by atoms with E-state index < -0.39 is 0 Å². The monoisotopic (exact) mass is 324 g/mol. The number of nitrogens with one attached hydrogen (secondary N) is 1. The van der Waals surface area contributed by atoms with Crippen LogP contribution >= 0.6 is 11.6 Å². The molecule has 1 aromatic rings. The molecular weight excluding hydrogens is 300 g/mol. The van der Waals surface area contributed by atoms with Crippen LogP contribution in [0.5, 0.6) is 5.75 Å². The van der Waals surface area contributed by atoms with Crippen LogP contribution in [0.1, 0.15) is 28.4 Å². The first-order valence-electron chi connectivity index (χ1n) is 7.76. The smallest absolute Gasteiger partial charge is 0.170 e. The SMILES string of the molecule is COc1c(C)cc(Cl)c(C)c1C(=O)C(C)CN1CCNCC1. The lowest BCUT2D eigenvalue weighted by Gasteiger charge is -2.29. The molecule has 1 saturated heterocycles. The standard InChI is InChI=1S/C17H25ClN2O2/c1-11-9-14(18)13(3)15(17(11)22-4)16(21)12(2)10-20-7-5-19-6-8-20/h9,12,19H,5-8,10H2,1-4H3. The Morgan fingerprint density at radius 3 is 2.64 bits per heavy atom. The van der Waals surface area contributed by atoms with E-state index in [2.05, 4.69) is 10.2 Å². The Labute approximate surface area is 137 Å². The number of methoxy groups -OCH3 is 1. The fraction of sp³-hybridized carbons (Fsp3) is 0.588. The largest absolute Gasteiger partial charge is 0.496 e. The van der Waals surface area contributed by atoms with Gasteiger partial charge in [0.15, 0.2) is 5.78 Å². The summed E-state index contributed by atoms with van der Waals surface area (Å²) in [4.78, 5) is 15.3. The second-order valence-corrected chi connectivity index (χ2v) is 6.43. The number of nitrogens with zero attached hydrogens (tertiary/aromatic N) is 1. The molecule has 1 atom stereocenters. The molecule has 0 aliphatic carbocycles. The minimum Gasteiger partial charge on any atom is -0.496 e.